The normalized spacial score (nSPS) is 10.4. The fourth-order valence-corrected chi connectivity index (χ4v) is 2.24. The fourth-order valence-electron chi connectivity index (χ4n) is 2.24. The lowest BCUT2D eigenvalue weighted by Crippen LogP contribution is -2.14. The molecule has 3 aromatic rings. The summed E-state index contributed by atoms with van der Waals surface area (Å²) in [6.45, 7) is -0.977. The van der Waals surface area contributed by atoms with Crippen LogP contribution in [0.1, 0.15) is 10.5 Å². The molecule has 0 spiro atoms. The minimum atomic E-state index is -0.977. The van der Waals surface area contributed by atoms with Crippen LogP contribution >= 0.6 is 0 Å². The van der Waals surface area contributed by atoms with E-state index in [1.807, 2.05) is 0 Å². The number of rotatable bonds is 5. The summed E-state index contributed by atoms with van der Waals surface area (Å²) in [6, 6.07) is 10.7. The van der Waals surface area contributed by atoms with Gasteiger partial charge in [-0.25, -0.2) is 14.4 Å². The molecule has 3 rings (SSSR count). The van der Waals surface area contributed by atoms with E-state index in [1.54, 1.807) is 24.3 Å². The molecule has 0 aliphatic heterocycles. The average Bonchev–Trinajstić information content (AvgIpc) is 2.65. The minimum Gasteiger partial charge on any atom is -0.461 e. The van der Waals surface area contributed by atoms with Gasteiger partial charge in [0.2, 0.25) is 12.8 Å². The molecule has 2 aromatic heterocycles. The van der Waals surface area contributed by atoms with E-state index < -0.39 is 18.7 Å². The third-order valence-electron chi connectivity index (χ3n) is 3.55. The highest BCUT2D eigenvalue weighted by molar-refractivity contribution is 6.04. The Morgan fingerprint density at radius 2 is 1.88 bits per heavy atom. The van der Waals surface area contributed by atoms with Gasteiger partial charge in [0, 0.05) is 11.8 Å². The smallest absolute Gasteiger partial charge is 0.274 e. The second-order valence-electron chi connectivity index (χ2n) is 5.26. The first-order chi connectivity index (χ1) is 12.6. The number of aromatic nitrogens is 2. The van der Waals surface area contributed by atoms with Crippen LogP contribution in [0.2, 0.25) is 0 Å². The first-order valence-corrected chi connectivity index (χ1v) is 7.54. The summed E-state index contributed by atoms with van der Waals surface area (Å²) >= 11 is 0. The van der Waals surface area contributed by atoms with Gasteiger partial charge in [-0.05, 0) is 42.0 Å². The number of nitrogens with one attached hydrogen (secondary N) is 1. The Morgan fingerprint density at radius 1 is 1.08 bits per heavy atom. The quantitative estimate of drug-likeness (QED) is 0.540. The zero-order valence-corrected chi connectivity index (χ0v) is 13.4. The van der Waals surface area contributed by atoms with Crippen LogP contribution in [0.3, 0.4) is 0 Å². The van der Waals surface area contributed by atoms with Gasteiger partial charge < -0.3 is 15.8 Å². The summed E-state index contributed by atoms with van der Waals surface area (Å²) in [6.07, 6.45) is 2.63. The molecular formula is C18H14F2N4O2. The van der Waals surface area contributed by atoms with Gasteiger partial charge >= 0.3 is 0 Å². The largest absolute Gasteiger partial charge is 0.461 e. The van der Waals surface area contributed by atoms with Crippen molar-refractivity contribution < 1.29 is 18.3 Å². The van der Waals surface area contributed by atoms with Crippen molar-refractivity contribution in [1.82, 2.24) is 9.97 Å². The van der Waals surface area contributed by atoms with E-state index in [0.717, 1.165) is 0 Å². The second-order valence-corrected chi connectivity index (χ2v) is 5.26. The van der Waals surface area contributed by atoms with E-state index in [1.165, 1.54) is 30.6 Å². The van der Waals surface area contributed by atoms with Crippen molar-refractivity contribution in [2.75, 3.05) is 17.9 Å². The number of ether oxygens (including phenoxy) is 1. The molecule has 2 heterocycles. The van der Waals surface area contributed by atoms with Gasteiger partial charge in [0.25, 0.3) is 5.91 Å². The van der Waals surface area contributed by atoms with Crippen LogP contribution in [0.25, 0.3) is 11.1 Å². The number of amides is 1. The summed E-state index contributed by atoms with van der Waals surface area (Å²) in [7, 11) is 0. The van der Waals surface area contributed by atoms with E-state index in [9.17, 15) is 13.6 Å². The molecule has 0 aliphatic rings. The van der Waals surface area contributed by atoms with Gasteiger partial charge in [-0.2, -0.15) is 4.39 Å². The molecule has 0 atom stereocenters. The second kappa shape index (κ2) is 7.56. The Balaban J connectivity index is 1.81. The lowest BCUT2D eigenvalue weighted by atomic mass is 10.1. The lowest BCUT2D eigenvalue weighted by Gasteiger charge is -2.10. The topological polar surface area (TPSA) is 90.1 Å². The standard InChI is InChI=1S/C18H14F2N4O2/c19-10-26-13-3-5-15(22-9-13)18(25)24-16-7-11(1-4-14(16)21)12-2-6-17(20)23-8-12/h1-9H,10,21H2,(H,24,25). The number of halogens is 2. The number of benzene rings is 1. The summed E-state index contributed by atoms with van der Waals surface area (Å²) in [5.74, 6) is -0.851. The first-order valence-electron chi connectivity index (χ1n) is 7.54. The molecule has 26 heavy (non-hydrogen) atoms. The molecule has 0 radical (unpaired) electrons. The van der Waals surface area contributed by atoms with Gasteiger partial charge in [0.1, 0.15) is 11.4 Å². The van der Waals surface area contributed by atoms with Crippen LogP contribution in [0.4, 0.5) is 20.2 Å². The molecule has 0 saturated carbocycles. The number of hydrogen-bond acceptors (Lipinski definition) is 5. The van der Waals surface area contributed by atoms with Crippen molar-refractivity contribution in [2.24, 2.45) is 0 Å². The zero-order chi connectivity index (χ0) is 18.5. The van der Waals surface area contributed by atoms with Gasteiger partial charge in [-0.15, -0.1) is 0 Å². The molecular weight excluding hydrogens is 342 g/mol. The lowest BCUT2D eigenvalue weighted by molar-refractivity contribution is 0.102. The number of alkyl halides is 1. The molecule has 132 valence electrons. The molecule has 0 saturated heterocycles. The van der Waals surface area contributed by atoms with Crippen molar-refractivity contribution in [3.8, 4) is 16.9 Å². The Labute approximate surface area is 147 Å². The molecule has 0 unspecified atom stereocenters. The highest BCUT2D eigenvalue weighted by Gasteiger charge is 2.11. The predicted molar refractivity (Wildman–Crippen MR) is 92.8 cm³/mol. The molecule has 0 fully saturated rings. The minimum absolute atomic E-state index is 0.115. The van der Waals surface area contributed by atoms with E-state index >= 15 is 0 Å². The third kappa shape index (κ3) is 3.92. The Bertz CT molecular complexity index is 915. The van der Waals surface area contributed by atoms with Crippen LogP contribution in [-0.4, -0.2) is 22.7 Å². The van der Waals surface area contributed by atoms with Crippen LogP contribution in [-0.2, 0) is 0 Å². The van der Waals surface area contributed by atoms with Crippen molar-refractivity contribution in [1.29, 1.82) is 0 Å². The van der Waals surface area contributed by atoms with E-state index in [-0.39, 0.29) is 11.4 Å². The summed E-state index contributed by atoms with van der Waals surface area (Å²) in [5.41, 5.74) is 8.14. The maximum atomic E-state index is 13.0. The van der Waals surface area contributed by atoms with Gasteiger partial charge in [-0.3, -0.25) is 4.79 Å². The molecule has 0 aliphatic carbocycles. The van der Waals surface area contributed by atoms with Crippen LogP contribution in [0, 0.1) is 5.95 Å². The van der Waals surface area contributed by atoms with Crippen molar-refractivity contribution in [3.63, 3.8) is 0 Å². The first kappa shape index (κ1) is 17.3. The van der Waals surface area contributed by atoms with E-state index in [4.69, 9.17) is 5.73 Å². The van der Waals surface area contributed by atoms with E-state index in [2.05, 4.69) is 20.0 Å². The highest BCUT2D eigenvalue weighted by atomic mass is 19.1. The fraction of sp³-hybridized carbons (Fsp3) is 0.0556. The van der Waals surface area contributed by atoms with Gasteiger partial charge in [0.05, 0.1) is 17.6 Å². The number of nitrogen functional groups attached to an aromatic ring is 1. The predicted octanol–water partition coefficient (Wildman–Crippen LogP) is 3.42. The maximum Gasteiger partial charge on any atom is 0.274 e. The number of anilines is 2. The number of pyridine rings is 2. The number of carbonyl (C=O) groups is 1. The third-order valence-corrected chi connectivity index (χ3v) is 3.55. The average molecular weight is 356 g/mol. The molecule has 8 heteroatoms. The van der Waals surface area contributed by atoms with Crippen LogP contribution in [0.15, 0.2) is 54.9 Å². The van der Waals surface area contributed by atoms with Crippen molar-refractivity contribution in [2.45, 2.75) is 0 Å². The molecule has 1 aromatic carbocycles. The van der Waals surface area contributed by atoms with Crippen molar-refractivity contribution >= 4 is 17.3 Å². The number of nitrogens with zero attached hydrogens (tertiary/aromatic N) is 2. The van der Waals surface area contributed by atoms with Gasteiger partial charge in [0.15, 0.2) is 0 Å². The Hall–Kier alpha value is -3.55. The van der Waals surface area contributed by atoms with E-state index in [0.29, 0.717) is 22.5 Å². The van der Waals surface area contributed by atoms with Gasteiger partial charge in [-0.1, -0.05) is 6.07 Å². The molecule has 3 N–H and O–H groups in total. The maximum absolute atomic E-state index is 13.0. The summed E-state index contributed by atoms with van der Waals surface area (Å²) < 4.78 is 29.7. The molecule has 6 nitrogen and oxygen atoms in total. The SMILES string of the molecule is Nc1ccc(-c2ccc(F)nc2)cc1NC(=O)c1ccc(OCF)cn1. The highest BCUT2D eigenvalue weighted by Crippen LogP contribution is 2.27. The number of nitrogens with two attached hydrogens (primary N) is 1. The Morgan fingerprint density at radius 3 is 2.54 bits per heavy atom. The zero-order valence-electron chi connectivity index (χ0n) is 13.4. The summed E-state index contributed by atoms with van der Waals surface area (Å²) in [5, 5.41) is 2.66. The molecule has 1 amide bonds. The molecule has 0 bridgehead atoms. The summed E-state index contributed by atoms with van der Waals surface area (Å²) in [4.78, 5) is 19.8. The monoisotopic (exact) mass is 356 g/mol. The number of carbonyl (C=O) groups excluding carboxylic acids is 1. The van der Waals surface area contributed by atoms with Crippen LogP contribution < -0.4 is 15.8 Å². The van der Waals surface area contributed by atoms with Crippen molar-refractivity contribution in [3.05, 3.63) is 66.5 Å². The number of hydrogen-bond donors (Lipinski definition) is 2. The van der Waals surface area contributed by atoms with Crippen LogP contribution in [0.5, 0.6) is 5.75 Å². The Kier molecular flexibility index (Phi) is 5.02.